The van der Waals surface area contributed by atoms with Crippen LogP contribution in [0, 0.1) is 0 Å². The number of thiazole rings is 1. The summed E-state index contributed by atoms with van der Waals surface area (Å²) in [6.45, 7) is 0. The number of methoxy groups -OCH3 is 2. The Morgan fingerprint density at radius 2 is 2.17 bits per heavy atom. The Bertz CT molecular complexity index is 990. The van der Waals surface area contributed by atoms with Gasteiger partial charge in [0.15, 0.2) is 16.6 Å². The Morgan fingerprint density at radius 3 is 2.90 bits per heavy atom. The van der Waals surface area contributed by atoms with Crippen molar-refractivity contribution in [3.63, 3.8) is 0 Å². The third kappa shape index (κ3) is 5.36. The number of amides is 1. The molecule has 0 spiro atoms. The van der Waals surface area contributed by atoms with E-state index in [1.165, 1.54) is 16.0 Å². The molecule has 0 unspecified atom stereocenters. The maximum Gasteiger partial charge on any atom is 0.264 e. The number of nitrogens with zero attached hydrogens (tertiary/aromatic N) is 5. The zero-order valence-corrected chi connectivity index (χ0v) is 17.2. The number of rotatable bonds is 9. The van der Waals surface area contributed by atoms with E-state index in [1.54, 1.807) is 44.1 Å². The van der Waals surface area contributed by atoms with Gasteiger partial charge in [0.05, 0.1) is 26.2 Å². The minimum absolute atomic E-state index is 0.115. The van der Waals surface area contributed by atoms with Gasteiger partial charge in [-0.05, 0) is 23.8 Å². The molecule has 0 bridgehead atoms. The molecule has 0 aliphatic heterocycles. The molecule has 0 atom stereocenters. The van der Waals surface area contributed by atoms with E-state index in [0.717, 1.165) is 17.3 Å². The molecule has 3 rings (SSSR count). The Kier molecular flexibility index (Phi) is 6.86. The minimum atomic E-state index is -0.214. The molecule has 152 valence electrons. The Labute approximate surface area is 174 Å². The van der Waals surface area contributed by atoms with Crippen LogP contribution in [0.1, 0.15) is 5.56 Å². The minimum Gasteiger partial charge on any atom is -0.493 e. The van der Waals surface area contributed by atoms with Gasteiger partial charge in [-0.3, -0.25) is 4.79 Å². The molecule has 11 nitrogen and oxygen atoms in total. The molecule has 2 aromatic heterocycles. The van der Waals surface area contributed by atoms with Gasteiger partial charge >= 0.3 is 0 Å². The average Bonchev–Trinajstić information content (AvgIpc) is 3.36. The van der Waals surface area contributed by atoms with E-state index in [1.807, 2.05) is 6.07 Å². The van der Waals surface area contributed by atoms with Crippen molar-refractivity contribution in [1.29, 1.82) is 0 Å². The van der Waals surface area contributed by atoms with E-state index in [0.29, 0.717) is 21.8 Å². The Hall–Kier alpha value is -3.32. The third-order valence-electron chi connectivity index (χ3n) is 3.46. The summed E-state index contributed by atoms with van der Waals surface area (Å²) in [7, 11) is 3.13. The SMILES string of the molecule is COc1ccc(/C=N/Nc2nnc(SCC(=O)Nc3nccs3)n2N)cc1OC. The van der Waals surface area contributed by atoms with Crippen molar-refractivity contribution >= 4 is 46.3 Å². The molecule has 29 heavy (non-hydrogen) atoms. The van der Waals surface area contributed by atoms with E-state index >= 15 is 0 Å². The van der Waals surface area contributed by atoms with Gasteiger partial charge in [0.1, 0.15) is 0 Å². The second kappa shape index (κ2) is 9.75. The molecular formula is C16H18N8O3S2. The summed E-state index contributed by atoms with van der Waals surface area (Å²) in [4.78, 5) is 15.9. The van der Waals surface area contributed by atoms with Crippen LogP contribution in [0.25, 0.3) is 0 Å². The van der Waals surface area contributed by atoms with Gasteiger partial charge in [-0.25, -0.2) is 15.1 Å². The van der Waals surface area contributed by atoms with Crippen LogP contribution in [0.4, 0.5) is 11.1 Å². The predicted molar refractivity (Wildman–Crippen MR) is 112 cm³/mol. The normalized spacial score (nSPS) is 10.8. The number of nitrogens with one attached hydrogen (secondary N) is 2. The van der Waals surface area contributed by atoms with E-state index in [2.05, 4.69) is 31.0 Å². The smallest absolute Gasteiger partial charge is 0.264 e. The summed E-state index contributed by atoms with van der Waals surface area (Å²) in [5, 5.41) is 17.3. The molecule has 1 amide bonds. The van der Waals surface area contributed by atoms with Gasteiger partial charge in [0.25, 0.3) is 5.95 Å². The lowest BCUT2D eigenvalue weighted by Crippen LogP contribution is -2.16. The van der Waals surface area contributed by atoms with E-state index in [9.17, 15) is 4.79 Å². The summed E-state index contributed by atoms with van der Waals surface area (Å²) < 4.78 is 11.7. The molecule has 0 aliphatic rings. The molecule has 0 aliphatic carbocycles. The maximum atomic E-state index is 11.9. The maximum absolute atomic E-state index is 11.9. The fraction of sp³-hybridized carbons (Fsp3) is 0.188. The zero-order valence-electron chi connectivity index (χ0n) is 15.5. The van der Waals surface area contributed by atoms with Gasteiger partial charge in [0.2, 0.25) is 11.1 Å². The first-order valence-electron chi connectivity index (χ1n) is 8.14. The van der Waals surface area contributed by atoms with Gasteiger partial charge in [-0.15, -0.1) is 21.5 Å². The Balaban J connectivity index is 1.55. The van der Waals surface area contributed by atoms with Gasteiger partial charge in [0, 0.05) is 11.6 Å². The molecule has 4 N–H and O–H groups in total. The second-order valence-corrected chi connectivity index (χ2v) is 7.17. The van der Waals surface area contributed by atoms with Crippen molar-refractivity contribution in [3.05, 3.63) is 35.3 Å². The lowest BCUT2D eigenvalue weighted by atomic mass is 10.2. The first kappa shape index (κ1) is 20.4. The molecule has 0 saturated heterocycles. The highest BCUT2D eigenvalue weighted by atomic mass is 32.2. The lowest BCUT2D eigenvalue weighted by molar-refractivity contribution is -0.113. The highest BCUT2D eigenvalue weighted by Crippen LogP contribution is 2.26. The fourth-order valence-electron chi connectivity index (χ4n) is 2.12. The summed E-state index contributed by atoms with van der Waals surface area (Å²) in [6, 6.07) is 5.37. The largest absolute Gasteiger partial charge is 0.493 e. The second-order valence-electron chi connectivity index (χ2n) is 5.33. The molecule has 13 heteroatoms. The van der Waals surface area contributed by atoms with E-state index < -0.39 is 0 Å². The topological polar surface area (TPSA) is 142 Å². The van der Waals surface area contributed by atoms with Crippen LogP contribution in [0.5, 0.6) is 11.5 Å². The van der Waals surface area contributed by atoms with Crippen molar-refractivity contribution in [1.82, 2.24) is 19.9 Å². The Morgan fingerprint density at radius 1 is 1.34 bits per heavy atom. The quantitative estimate of drug-likeness (QED) is 0.198. The van der Waals surface area contributed by atoms with Crippen molar-refractivity contribution in [2.45, 2.75) is 5.16 Å². The number of thioether (sulfide) groups is 1. The number of nitrogen functional groups attached to an aromatic ring is 1. The first-order valence-corrected chi connectivity index (χ1v) is 10.0. The average molecular weight is 435 g/mol. The molecule has 0 fully saturated rings. The number of hydrazone groups is 1. The van der Waals surface area contributed by atoms with Gasteiger partial charge < -0.3 is 20.6 Å². The number of nitrogens with two attached hydrogens (primary N) is 1. The first-order chi connectivity index (χ1) is 14.1. The van der Waals surface area contributed by atoms with Crippen LogP contribution < -0.4 is 26.1 Å². The zero-order chi connectivity index (χ0) is 20.6. The van der Waals surface area contributed by atoms with Crippen molar-refractivity contribution in [2.24, 2.45) is 5.10 Å². The van der Waals surface area contributed by atoms with E-state index in [-0.39, 0.29) is 17.6 Å². The summed E-state index contributed by atoms with van der Waals surface area (Å²) in [6.07, 6.45) is 3.19. The molecule has 2 heterocycles. The van der Waals surface area contributed by atoms with Crippen LogP contribution in [0.3, 0.4) is 0 Å². The number of carbonyl (C=O) groups excluding carboxylic acids is 1. The van der Waals surface area contributed by atoms with Gasteiger partial charge in [-0.1, -0.05) is 11.8 Å². The monoisotopic (exact) mass is 434 g/mol. The number of hydrogen-bond donors (Lipinski definition) is 3. The van der Waals surface area contributed by atoms with Crippen molar-refractivity contribution in [2.75, 3.05) is 36.6 Å². The summed E-state index contributed by atoms with van der Waals surface area (Å²) in [5.74, 6) is 7.29. The molecular weight excluding hydrogens is 416 g/mol. The summed E-state index contributed by atoms with van der Waals surface area (Å²) >= 11 is 2.48. The number of aromatic nitrogens is 4. The highest BCUT2D eigenvalue weighted by molar-refractivity contribution is 7.99. The molecule has 0 saturated carbocycles. The van der Waals surface area contributed by atoms with Crippen LogP contribution in [0.15, 0.2) is 40.0 Å². The number of carbonyl (C=O) groups is 1. The van der Waals surface area contributed by atoms with Crippen molar-refractivity contribution in [3.8, 4) is 11.5 Å². The molecule has 1 aromatic carbocycles. The fourth-order valence-corrected chi connectivity index (χ4v) is 3.32. The van der Waals surface area contributed by atoms with Crippen LogP contribution >= 0.6 is 23.1 Å². The standard InChI is InChI=1S/C16H18N8O3S2/c1-26-11-4-3-10(7-12(11)27-2)8-19-21-14-22-23-16(24(14)17)29-9-13(25)20-15-18-5-6-28-15/h3-8H,9,17H2,1-2H3,(H,21,22)(H,18,20,25)/b19-8+. The lowest BCUT2D eigenvalue weighted by Gasteiger charge is -2.07. The van der Waals surface area contributed by atoms with Crippen molar-refractivity contribution < 1.29 is 14.3 Å². The third-order valence-corrected chi connectivity index (χ3v) is 5.09. The van der Waals surface area contributed by atoms with Crippen LogP contribution in [-0.2, 0) is 4.79 Å². The van der Waals surface area contributed by atoms with Crippen LogP contribution in [-0.4, -0.2) is 52.0 Å². The van der Waals surface area contributed by atoms with Gasteiger partial charge in [-0.2, -0.15) is 5.10 Å². The predicted octanol–water partition coefficient (Wildman–Crippen LogP) is 1.64. The van der Waals surface area contributed by atoms with E-state index in [4.69, 9.17) is 15.3 Å². The summed E-state index contributed by atoms with van der Waals surface area (Å²) in [5.41, 5.74) is 3.50. The molecule has 0 radical (unpaired) electrons. The number of benzene rings is 1. The number of hydrogen-bond acceptors (Lipinski definition) is 11. The van der Waals surface area contributed by atoms with Crippen LogP contribution in [0.2, 0.25) is 0 Å². The molecule has 3 aromatic rings. The highest BCUT2D eigenvalue weighted by Gasteiger charge is 2.12. The number of anilines is 2. The number of ether oxygens (including phenoxy) is 2.